The van der Waals surface area contributed by atoms with Crippen LogP contribution in [0.2, 0.25) is 0 Å². The minimum atomic E-state index is -0.957. The number of fused-ring (bicyclic) bond motifs is 3. The summed E-state index contributed by atoms with van der Waals surface area (Å²) in [5, 5.41) is 6.13. The van der Waals surface area contributed by atoms with E-state index in [1.54, 1.807) is 26.2 Å². The van der Waals surface area contributed by atoms with Crippen LogP contribution in [0.1, 0.15) is 25.8 Å². The van der Waals surface area contributed by atoms with Gasteiger partial charge in [0.25, 0.3) is 5.91 Å². The summed E-state index contributed by atoms with van der Waals surface area (Å²) in [6.45, 7) is 10.2. The van der Waals surface area contributed by atoms with Crippen LogP contribution in [0.5, 0.6) is 5.75 Å². The number of nitrogens with zero attached hydrogens (tertiary/aromatic N) is 5. The molecular weight excluding hydrogens is 442 g/mol. The molecule has 0 aliphatic carbocycles. The highest BCUT2D eigenvalue weighted by molar-refractivity contribution is 5.99. The molecular formula is C26H29N7O2. The molecule has 3 aromatic rings. The van der Waals surface area contributed by atoms with Gasteiger partial charge in [0.05, 0.1) is 5.69 Å². The molecule has 1 aromatic carbocycles. The van der Waals surface area contributed by atoms with Crippen molar-refractivity contribution in [3.8, 4) is 17.0 Å². The zero-order valence-corrected chi connectivity index (χ0v) is 20.2. The molecule has 1 amide bonds. The molecule has 9 nitrogen and oxygen atoms in total. The Morgan fingerprint density at radius 3 is 2.89 bits per heavy atom. The van der Waals surface area contributed by atoms with Gasteiger partial charge in [-0.25, -0.2) is 15.0 Å². The van der Waals surface area contributed by atoms with Crippen molar-refractivity contribution >= 4 is 29.0 Å². The monoisotopic (exact) mass is 471 g/mol. The first-order valence-corrected chi connectivity index (χ1v) is 12.1. The molecule has 0 spiro atoms. The number of nitrogens with one attached hydrogen (secondary N) is 2. The number of hydrogen-bond donors (Lipinski definition) is 2. The quantitative estimate of drug-likeness (QED) is 0.596. The van der Waals surface area contributed by atoms with E-state index in [0.29, 0.717) is 29.3 Å². The number of aromatic nitrogens is 3. The molecule has 180 valence electrons. The van der Waals surface area contributed by atoms with Crippen molar-refractivity contribution in [2.45, 2.75) is 38.8 Å². The first-order valence-electron chi connectivity index (χ1n) is 12.1. The first kappa shape index (κ1) is 21.8. The highest BCUT2D eigenvalue weighted by atomic mass is 16.5. The van der Waals surface area contributed by atoms with Gasteiger partial charge in [0.15, 0.2) is 17.2 Å². The summed E-state index contributed by atoms with van der Waals surface area (Å²) in [6, 6.07) is 10.8. The van der Waals surface area contributed by atoms with Gasteiger partial charge >= 0.3 is 0 Å². The van der Waals surface area contributed by atoms with Crippen LogP contribution in [0.3, 0.4) is 0 Å². The van der Waals surface area contributed by atoms with Gasteiger partial charge in [-0.15, -0.1) is 0 Å². The molecule has 3 aliphatic rings. The second-order valence-corrected chi connectivity index (χ2v) is 9.97. The number of benzene rings is 1. The standard InChI is InChI=1S/C26H29N7O2/c1-16-12-18(4-5-21(16)33-11-10-32-9-7-19(33)15-32)29-25-27-8-6-20(30-25)17-13-22-23(28-14-17)31-24(34)26(2,3)35-22/h4-6,8,12-14,19H,7,9-11,15H2,1-3H3,(H,27,29,30)(H,28,31,34). The lowest BCUT2D eigenvalue weighted by molar-refractivity contribution is -0.129. The molecule has 5 heterocycles. The smallest absolute Gasteiger partial charge is 0.269 e. The second-order valence-electron chi connectivity index (χ2n) is 9.97. The lowest BCUT2D eigenvalue weighted by Crippen LogP contribution is -2.47. The Morgan fingerprint density at radius 2 is 2.03 bits per heavy atom. The third kappa shape index (κ3) is 4.05. The van der Waals surface area contributed by atoms with Gasteiger partial charge in [0.1, 0.15) is 0 Å². The summed E-state index contributed by atoms with van der Waals surface area (Å²) in [7, 11) is 0. The maximum atomic E-state index is 12.1. The molecule has 0 radical (unpaired) electrons. The number of piperazine rings is 1. The highest BCUT2D eigenvalue weighted by Gasteiger charge is 2.36. The van der Waals surface area contributed by atoms with Crippen molar-refractivity contribution in [3.05, 3.63) is 48.3 Å². The molecule has 9 heteroatoms. The van der Waals surface area contributed by atoms with E-state index in [9.17, 15) is 4.79 Å². The predicted octanol–water partition coefficient (Wildman–Crippen LogP) is 3.59. The van der Waals surface area contributed by atoms with Crippen molar-refractivity contribution in [2.75, 3.05) is 41.7 Å². The number of rotatable bonds is 4. The van der Waals surface area contributed by atoms with Crippen molar-refractivity contribution in [3.63, 3.8) is 0 Å². The average Bonchev–Trinajstić information content (AvgIpc) is 3.21. The molecule has 2 unspecified atom stereocenters. The summed E-state index contributed by atoms with van der Waals surface area (Å²) in [5.41, 5.74) is 4.04. The topological polar surface area (TPSA) is 95.5 Å². The fraction of sp³-hybridized carbons (Fsp3) is 0.385. The molecule has 2 fully saturated rings. The number of amides is 1. The van der Waals surface area contributed by atoms with E-state index in [0.717, 1.165) is 24.3 Å². The molecule has 2 aromatic heterocycles. The van der Waals surface area contributed by atoms with Crippen LogP contribution in [0.15, 0.2) is 42.7 Å². The number of carbonyl (C=O) groups excluding carboxylic acids is 1. The van der Waals surface area contributed by atoms with Crippen molar-refractivity contribution in [1.29, 1.82) is 0 Å². The Labute approximate surface area is 204 Å². The third-order valence-electron chi connectivity index (χ3n) is 7.06. The molecule has 2 bridgehead atoms. The van der Waals surface area contributed by atoms with E-state index < -0.39 is 5.60 Å². The van der Waals surface area contributed by atoms with Gasteiger partial charge in [0.2, 0.25) is 5.95 Å². The maximum Gasteiger partial charge on any atom is 0.269 e. The number of ether oxygens (including phenoxy) is 1. The fourth-order valence-corrected chi connectivity index (χ4v) is 5.12. The first-order chi connectivity index (χ1) is 16.9. The van der Waals surface area contributed by atoms with Crippen LogP contribution < -0.4 is 20.3 Å². The number of aryl methyl sites for hydroxylation is 1. The third-order valence-corrected chi connectivity index (χ3v) is 7.06. The molecule has 3 aliphatic heterocycles. The van der Waals surface area contributed by atoms with Gasteiger partial charge in [0, 0.05) is 61.6 Å². The Bertz CT molecular complexity index is 1310. The number of pyridine rings is 1. The number of carbonyl (C=O) groups is 1. The predicted molar refractivity (Wildman–Crippen MR) is 135 cm³/mol. The minimum absolute atomic E-state index is 0.217. The molecule has 2 saturated heterocycles. The van der Waals surface area contributed by atoms with Gasteiger partial charge in [-0.2, -0.15) is 0 Å². The zero-order chi connectivity index (χ0) is 24.2. The van der Waals surface area contributed by atoms with E-state index >= 15 is 0 Å². The molecule has 2 atom stereocenters. The lowest BCUT2D eigenvalue weighted by atomic mass is 10.1. The van der Waals surface area contributed by atoms with E-state index in [1.165, 1.54) is 30.8 Å². The number of hydrogen-bond acceptors (Lipinski definition) is 8. The van der Waals surface area contributed by atoms with Crippen molar-refractivity contribution in [1.82, 2.24) is 19.9 Å². The number of anilines is 4. The van der Waals surface area contributed by atoms with Crippen LogP contribution in [-0.4, -0.2) is 63.6 Å². The van der Waals surface area contributed by atoms with Crippen LogP contribution >= 0.6 is 0 Å². The summed E-state index contributed by atoms with van der Waals surface area (Å²) >= 11 is 0. The molecule has 35 heavy (non-hydrogen) atoms. The maximum absolute atomic E-state index is 12.1. The van der Waals surface area contributed by atoms with Gasteiger partial charge < -0.3 is 20.3 Å². The van der Waals surface area contributed by atoms with E-state index in [2.05, 4.69) is 55.5 Å². The summed E-state index contributed by atoms with van der Waals surface area (Å²) in [4.78, 5) is 30.7. The Balaban J connectivity index is 1.22. The Kier molecular flexibility index (Phi) is 5.10. The van der Waals surface area contributed by atoms with Crippen LogP contribution in [0.25, 0.3) is 11.3 Å². The van der Waals surface area contributed by atoms with Crippen LogP contribution in [-0.2, 0) is 4.79 Å². The molecule has 0 saturated carbocycles. The second kappa shape index (κ2) is 8.20. The average molecular weight is 472 g/mol. The summed E-state index contributed by atoms with van der Waals surface area (Å²) in [6.07, 6.45) is 4.64. The normalized spacial score (nSPS) is 22.3. The minimum Gasteiger partial charge on any atom is -0.474 e. The van der Waals surface area contributed by atoms with Crippen LogP contribution in [0.4, 0.5) is 23.1 Å². The van der Waals surface area contributed by atoms with E-state index in [-0.39, 0.29) is 5.91 Å². The summed E-state index contributed by atoms with van der Waals surface area (Å²) < 4.78 is 5.87. The van der Waals surface area contributed by atoms with Crippen LogP contribution in [0, 0.1) is 6.92 Å². The lowest BCUT2D eigenvalue weighted by Gasteiger charge is -2.37. The zero-order valence-electron chi connectivity index (χ0n) is 20.2. The Morgan fingerprint density at radius 1 is 1.14 bits per heavy atom. The highest BCUT2D eigenvalue weighted by Crippen LogP contribution is 2.35. The van der Waals surface area contributed by atoms with E-state index in [1.807, 2.05) is 12.1 Å². The van der Waals surface area contributed by atoms with Crippen molar-refractivity contribution in [2.24, 2.45) is 0 Å². The van der Waals surface area contributed by atoms with Gasteiger partial charge in [-0.05, 0) is 63.1 Å². The van der Waals surface area contributed by atoms with E-state index in [4.69, 9.17) is 9.72 Å². The van der Waals surface area contributed by atoms with Gasteiger partial charge in [-0.3, -0.25) is 9.69 Å². The van der Waals surface area contributed by atoms with Gasteiger partial charge in [-0.1, -0.05) is 0 Å². The van der Waals surface area contributed by atoms with Crippen molar-refractivity contribution < 1.29 is 9.53 Å². The largest absolute Gasteiger partial charge is 0.474 e. The summed E-state index contributed by atoms with van der Waals surface area (Å²) in [5.74, 6) is 1.23. The molecule has 2 N–H and O–H groups in total. The fourth-order valence-electron chi connectivity index (χ4n) is 5.12. The molecule has 6 rings (SSSR count). The SMILES string of the molecule is Cc1cc(Nc2nccc(-c3cnc4c(c3)OC(C)(C)C(=O)N4)n2)ccc1N1CCN2CCC1C2. The Hall–Kier alpha value is -3.72.